The molecule has 0 heterocycles. The van der Waals surface area contributed by atoms with Gasteiger partial charge in [0, 0.05) is 6.42 Å². The lowest BCUT2D eigenvalue weighted by Gasteiger charge is -2.35. The molecule has 0 aliphatic heterocycles. The zero-order chi connectivity index (χ0) is 21.3. The van der Waals surface area contributed by atoms with E-state index in [-0.39, 0.29) is 6.42 Å². The summed E-state index contributed by atoms with van der Waals surface area (Å²) in [7, 11) is -5.79. The normalized spacial score (nSPS) is 13.5. The van der Waals surface area contributed by atoms with Crippen LogP contribution in [-0.4, -0.2) is 42.6 Å². The van der Waals surface area contributed by atoms with E-state index in [1.165, 1.54) is 0 Å². The maximum Gasteiger partial charge on any atom is 0.438 e. The molecule has 0 spiro atoms. The van der Waals surface area contributed by atoms with Crippen LogP contribution in [0.4, 0.5) is 26.3 Å². The zero-order valence-corrected chi connectivity index (χ0v) is 14.9. The molecule has 12 heteroatoms. The Kier molecular flexibility index (Phi) is 6.59. The van der Waals surface area contributed by atoms with Gasteiger partial charge in [-0.1, -0.05) is 18.2 Å². The summed E-state index contributed by atoms with van der Waals surface area (Å²) in [6, 6.07) is 4.96. The zero-order valence-electron chi connectivity index (χ0n) is 14.1. The van der Waals surface area contributed by atoms with Crippen LogP contribution in [0.3, 0.4) is 0 Å². The van der Waals surface area contributed by atoms with Crippen molar-refractivity contribution in [2.45, 2.75) is 44.6 Å². The Bertz CT molecular complexity index is 764. The van der Waals surface area contributed by atoms with Crippen LogP contribution in [0, 0.1) is 13.8 Å². The topological polar surface area (TPSA) is 80.7 Å². The van der Waals surface area contributed by atoms with Crippen molar-refractivity contribution in [1.29, 1.82) is 0 Å². The van der Waals surface area contributed by atoms with Gasteiger partial charge in [0.05, 0.1) is 0 Å². The molecule has 154 valence electrons. The molecule has 1 rings (SSSR count). The van der Waals surface area contributed by atoms with Gasteiger partial charge in [-0.05, 0) is 37.0 Å². The van der Waals surface area contributed by atoms with Gasteiger partial charge in [0.1, 0.15) is 5.75 Å². The Hall–Kier alpha value is -1.82. The highest BCUT2D eigenvalue weighted by atomic mass is 32.2. The van der Waals surface area contributed by atoms with E-state index in [1.807, 2.05) is 0 Å². The van der Waals surface area contributed by atoms with Gasteiger partial charge in [-0.2, -0.15) is 34.8 Å². The number of rotatable bonds is 6. The fourth-order valence-electron chi connectivity index (χ4n) is 2.44. The van der Waals surface area contributed by atoms with Gasteiger partial charge in [0.15, 0.2) is 0 Å². The van der Waals surface area contributed by atoms with Gasteiger partial charge in [0.2, 0.25) is 0 Å². The number of ether oxygens (including phenoxy) is 1. The summed E-state index contributed by atoms with van der Waals surface area (Å²) in [5, 5.41) is 0. The minimum atomic E-state index is -6.32. The first kappa shape index (κ1) is 23.2. The number of alkyl halides is 6. The van der Waals surface area contributed by atoms with E-state index in [9.17, 15) is 39.6 Å². The molecule has 0 fully saturated rings. The quantitative estimate of drug-likeness (QED) is 0.431. The molecule has 0 radical (unpaired) electrons. The van der Waals surface area contributed by atoms with E-state index in [4.69, 9.17) is 4.55 Å². The third-order valence-electron chi connectivity index (χ3n) is 3.81. The van der Waals surface area contributed by atoms with E-state index < -0.39 is 46.2 Å². The van der Waals surface area contributed by atoms with Crippen LogP contribution in [0.15, 0.2) is 18.2 Å². The van der Waals surface area contributed by atoms with Gasteiger partial charge in [-0.3, -0.25) is 9.35 Å². The number of carbonyl (C=O) groups is 1. The monoisotopic (exact) mass is 422 g/mol. The molecule has 0 saturated heterocycles. The molecule has 1 aromatic rings. The van der Waals surface area contributed by atoms with E-state index in [2.05, 4.69) is 4.74 Å². The molecule has 0 aliphatic rings. The molecule has 0 bridgehead atoms. The van der Waals surface area contributed by atoms with E-state index in [0.29, 0.717) is 16.7 Å². The molecule has 1 aromatic carbocycles. The Morgan fingerprint density at radius 2 is 1.48 bits per heavy atom. The van der Waals surface area contributed by atoms with Crippen LogP contribution in [0.25, 0.3) is 0 Å². The van der Waals surface area contributed by atoms with Gasteiger partial charge in [-0.25, -0.2) is 0 Å². The standard InChI is InChI=1S/C15H16F6O5S/c1-9-4-3-5-10(2)11(9)6-7-12(22)26-13(14(16,17)18,15(19,20)21)8-27(23,24)25/h3-5H,6-8H2,1-2H3,(H,23,24,25). The van der Waals surface area contributed by atoms with E-state index in [1.54, 1.807) is 32.0 Å². The molecule has 0 saturated carbocycles. The summed E-state index contributed by atoms with van der Waals surface area (Å²) >= 11 is 0. The van der Waals surface area contributed by atoms with Crippen molar-refractivity contribution in [2.75, 3.05) is 5.75 Å². The van der Waals surface area contributed by atoms with Crippen molar-refractivity contribution in [3.8, 4) is 0 Å². The third-order valence-corrected chi connectivity index (χ3v) is 4.58. The smallest absolute Gasteiger partial charge is 0.438 e. The highest BCUT2D eigenvalue weighted by molar-refractivity contribution is 7.85. The number of esters is 1. The summed E-state index contributed by atoms with van der Waals surface area (Å²) in [5.41, 5.74) is -3.50. The van der Waals surface area contributed by atoms with Crippen molar-refractivity contribution in [1.82, 2.24) is 0 Å². The number of aryl methyl sites for hydroxylation is 2. The summed E-state index contributed by atoms with van der Waals surface area (Å²) in [5.74, 6) is -4.79. The maximum atomic E-state index is 13.1. The van der Waals surface area contributed by atoms with Gasteiger partial charge in [0.25, 0.3) is 10.1 Å². The van der Waals surface area contributed by atoms with Crippen LogP contribution in [-0.2, 0) is 26.1 Å². The predicted octanol–water partition coefficient (Wildman–Crippen LogP) is 3.53. The molecule has 0 atom stereocenters. The Labute approximate surface area is 151 Å². The maximum absolute atomic E-state index is 13.1. The number of halogens is 6. The molecule has 0 unspecified atom stereocenters. The number of hydrogen-bond donors (Lipinski definition) is 1. The summed E-state index contributed by atoms with van der Waals surface area (Å²) in [6.45, 7) is 3.28. The van der Waals surface area contributed by atoms with Crippen molar-refractivity contribution in [2.24, 2.45) is 0 Å². The second-order valence-corrected chi connectivity index (χ2v) is 7.35. The largest absolute Gasteiger partial charge is 0.438 e. The Balaban J connectivity index is 3.17. The first-order valence-corrected chi connectivity index (χ1v) is 8.96. The molecule has 1 N–H and O–H groups in total. The van der Waals surface area contributed by atoms with Crippen LogP contribution < -0.4 is 0 Å². The Morgan fingerprint density at radius 1 is 1.04 bits per heavy atom. The molecular formula is C15H16F6O5S. The van der Waals surface area contributed by atoms with Crippen LogP contribution in [0.2, 0.25) is 0 Å². The second kappa shape index (κ2) is 7.66. The number of benzene rings is 1. The molecule has 0 aromatic heterocycles. The SMILES string of the molecule is Cc1cccc(C)c1CCC(=O)OC(CS(=O)(=O)O)(C(F)(F)F)C(F)(F)F. The van der Waals surface area contributed by atoms with E-state index >= 15 is 0 Å². The minimum Gasteiger partial charge on any atom is -0.438 e. The molecular weight excluding hydrogens is 406 g/mol. The van der Waals surface area contributed by atoms with Gasteiger partial charge < -0.3 is 4.74 Å². The first-order chi connectivity index (χ1) is 12.0. The average Bonchev–Trinajstić information content (AvgIpc) is 2.42. The average molecular weight is 422 g/mol. The fraction of sp³-hybridized carbons (Fsp3) is 0.533. The van der Waals surface area contributed by atoms with Crippen LogP contribution in [0.5, 0.6) is 0 Å². The first-order valence-electron chi connectivity index (χ1n) is 7.36. The summed E-state index contributed by atoms with van der Waals surface area (Å²) in [4.78, 5) is 11.7. The predicted molar refractivity (Wildman–Crippen MR) is 81.6 cm³/mol. The lowest BCUT2D eigenvalue weighted by Crippen LogP contribution is -2.63. The molecule has 0 aliphatic carbocycles. The lowest BCUT2D eigenvalue weighted by molar-refractivity contribution is -0.361. The van der Waals surface area contributed by atoms with Crippen molar-refractivity contribution in [3.63, 3.8) is 0 Å². The van der Waals surface area contributed by atoms with Crippen LogP contribution in [0.1, 0.15) is 23.1 Å². The fourth-order valence-corrected chi connectivity index (χ4v) is 3.34. The molecule has 0 amide bonds. The van der Waals surface area contributed by atoms with Crippen molar-refractivity contribution in [3.05, 3.63) is 34.9 Å². The van der Waals surface area contributed by atoms with Gasteiger partial charge >= 0.3 is 23.9 Å². The second-order valence-electron chi connectivity index (χ2n) is 5.89. The highest BCUT2D eigenvalue weighted by Crippen LogP contribution is 2.47. The van der Waals surface area contributed by atoms with Crippen molar-refractivity contribution < 1.29 is 48.8 Å². The number of hydrogen-bond acceptors (Lipinski definition) is 4. The molecule has 5 nitrogen and oxygen atoms in total. The van der Waals surface area contributed by atoms with Gasteiger partial charge in [-0.15, -0.1) is 0 Å². The Morgan fingerprint density at radius 3 is 1.85 bits per heavy atom. The summed E-state index contributed by atoms with van der Waals surface area (Å²) < 4.78 is 112. The van der Waals surface area contributed by atoms with E-state index in [0.717, 1.165) is 0 Å². The van der Waals surface area contributed by atoms with Crippen LogP contribution >= 0.6 is 0 Å². The number of carbonyl (C=O) groups excluding carboxylic acids is 1. The minimum absolute atomic E-state index is 0.213. The lowest BCUT2D eigenvalue weighted by atomic mass is 9.98. The highest BCUT2D eigenvalue weighted by Gasteiger charge is 2.75. The van der Waals surface area contributed by atoms with Crippen molar-refractivity contribution >= 4 is 16.1 Å². The third kappa shape index (κ3) is 5.58. The molecule has 27 heavy (non-hydrogen) atoms. The summed E-state index contributed by atoms with van der Waals surface area (Å²) in [6.07, 6.45) is -13.7.